The summed E-state index contributed by atoms with van der Waals surface area (Å²) < 4.78 is 16.2. The number of unbranched alkanes of at least 4 members (excludes halogenated alkanes) is 11. The molecule has 0 aromatic heterocycles. The fourth-order valence-electron chi connectivity index (χ4n) is 5.17. The summed E-state index contributed by atoms with van der Waals surface area (Å²) in [5.74, 6) is -1.62. The number of aliphatic hydroxyl groups excluding tert-OH is 1. The molecule has 0 aromatic rings. The van der Waals surface area contributed by atoms with E-state index in [1.54, 1.807) is 0 Å². The van der Waals surface area contributed by atoms with E-state index in [-0.39, 0.29) is 25.8 Å². The highest BCUT2D eigenvalue weighted by molar-refractivity contribution is 5.70. The minimum Gasteiger partial charge on any atom is -0.477 e. The average Bonchev–Trinajstić information content (AvgIpc) is 3.13. The fourth-order valence-corrected chi connectivity index (χ4v) is 5.17. The fraction of sp³-hybridized carbons (Fsp3) is 0.652. The van der Waals surface area contributed by atoms with Gasteiger partial charge in [-0.1, -0.05) is 150 Å². The largest absolute Gasteiger partial charge is 0.477 e. The molecule has 2 atom stereocenters. The number of carbonyl (C=O) groups excluding carboxylic acids is 1. The Morgan fingerprint density at radius 3 is 1.39 bits per heavy atom. The molecule has 0 amide bonds. The molecule has 2 unspecified atom stereocenters. The van der Waals surface area contributed by atoms with Gasteiger partial charge in [0.15, 0.2) is 0 Å². The van der Waals surface area contributed by atoms with Gasteiger partial charge in [-0.3, -0.25) is 4.79 Å². The maximum Gasteiger partial charge on any atom is 0.361 e. The number of aliphatic hydroxyl groups is 1. The van der Waals surface area contributed by atoms with Crippen LogP contribution < -0.4 is 0 Å². The van der Waals surface area contributed by atoms with Crippen molar-refractivity contribution in [2.24, 2.45) is 0 Å². The Kier molecular flexibility index (Phi) is 36.1. The van der Waals surface area contributed by atoms with Crippen molar-refractivity contribution in [2.45, 2.75) is 148 Å². The lowest BCUT2D eigenvalue weighted by Gasteiger charge is -2.24. The van der Waals surface area contributed by atoms with Gasteiger partial charge < -0.3 is 28.9 Å². The van der Waals surface area contributed by atoms with E-state index in [0.29, 0.717) is 17.4 Å². The normalized spacial score (nSPS) is 14.0. The van der Waals surface area contributed by atoms with Gasteiger partial charge in [0.05, 0.1) is 34.4 Å². The molecule has 0 rings (SSSR count). The molecule has 0 aliphatic rings. The number of hydrogen-bond acceptors (Lipinski definition) is 6. The number of esters is 1. The second-order valence-corrected chi connectivity index (χ2v) is 14.8. The minimum absolute atomic E-state index is 0.206. The Morgan fingerprint density at radius 1 is 0.556 bits per heavy atom. The number of hydrogen-bond donors (Lipinski definition) is 2. The molecule has 0 saturated carbocycles. The molecule has 0 fully saturated rings. The number of carboxylic acids is 1. The van der Waals surface area contributed by atoms with Crippen LogP contribution in [0.5, 0.6) is 0 Å². The molecule has 54 heavy (non-hydrogen) atoms. The van der Waals surface area contributed by atoms with E-state index < -0.39 is 18.4 Å². The molecular weight excluding hydrogens is 679 g/mol. The Labute approximate surface area is 330 Å². The molecule has 0 spiro atoms. The Bertz CT molecular complexity index is 1100. The third-order valence-corrected chi connectivity index (χ3v) is 8.40. The van der Waals surface area contributed by atoms with E-state index in [0.717, 1.165) is 64.2 Å². The molecule has 0 radical (unpaired) electrons. The molecule has 0 aliphatic heterocycles. The smallest absolute Gasteiger partial charge is 0.361 e. The molecule has 8 nitrogen and oxygen atoms in total. The lowest BCUT2D eigenvalue weighted by atomic mass is 10.0. The van der Waals surface area contributed by atoms with Crippen LogP contribution in [0.2, 0.25) is 0 Å². The minimum atomic E-state index is -1.47. The molecule has 308 valence electrons. The first-order valence-corrected chi connectivity index (χ1v) is 20.8. The van der Waals surface area contributed by atoms with Crippen molar-refractivity contribution in [2.75, 3.05) is 47.5 Å². The summed E-state index contributed by atoms with van der Waals surface area (Å²) in [6, 6.07) is 0. The zero-order chi connectivity index (χ0) is 39.8. The van der Waals surface area contributed by atoms with Crippen molar-refractivity contribution in [3.8, 4) is 0 Å². The number of carboxylic acid groups (broad SMARTS) is 1. The zero-order valence-electron chi connectivity index (χ0n) is 34.6. The predicted octanol–water partition coefficient (Wildman–Crippen LogP) is 10.8. The van der Waals surface area contributed by atoms with Gasteiger partial charge in [0.2, 0.25) is 0 Å². The summed E-state index contributed by atoms with van der Waals surface area (Å²) in [6.07, 6.45) is 50.5. The second kappa shape index (κ2) is 38.2. The van der Waals surface area contributed by atoms with Gasteiger partial charge in [0.1, 0.15) is 19.3 Å². The molecule has 2 N–H and O–H groups in total. The van der Waals surface area contributed by atoms with E-state index in [9.17, 15) is 19.8 Å². The summed E-state index contributed by atoms with van der Waals surface area (Å²) in [5.41, 5.74) is 0. The summed E-state index contributed by atoms with van der Waals surface area (Å²) in [6.45, 7) is 2.45. The topological polar surface area (TPSA) is 102 Å². The monoisotopic (exact) mass is 757 g/mol. The Morgan fingerprint density at radius 2 is 0.963 bits per heavy atom. The van der Waals surface area contributed by atoms with Crippen molar-refractivity contribution >= 4 is 11.9 Å². The van der Waals surface area contributed by atoms with Crippen molar-refractivity contribution in [3.63, 3.8) is 0 Å². The van der Waals surface area contributed by atoms with E-state index in [1.807, 2.05) is 21.1 Å². The standard InChI is InChI=1S/C46H77NO7/c1-5-6-7-8-9-10-11-12-13-14-15-16-17-18-19-20-21-22-23-24-25-26-27-28-29-30-31-32-33-34-35-36-37-38-44(49)53-41-43(48)42-54-46(45(50)51)52-40-39-47(2,3)4/h6-7,9-10,12-13,15-16,18-19,21-22,24-25,43,46,48H,5,8,11,14,17,20,23,26-42H2,1-4H3/p+1/b7-6-,10-9-,13-12-,16-15-,19-18-,22-21-,25-24-. The van der Waals surface area contributed by atoms with E-state index >= 15 is 0 Å². The number of ether oxygens (including phenoxy) is 3. The predicted molar refractivity (Wildman–Crippen MR) is 225 cm³/mol. The molecule has 0 aromatic carbocycles. The number of likely N-dealkylation sites (N-methyl/N-ethyl adjacent to an activating group) is 1. The number of nitrogens with zero attached hydrogens (tertiary/aromatic N) is 1. The highest BCUT2D eigenvalue weighted by atomic mass is 16.7. The molecule has 8 heteroatoms. The quantitative estimate of drug-likeness (QED) is 0.0214. The first-order valence-electron chi connectivity index (χ1n) is 20.8. The first-order chi connectivity index (χ1) is 26.2. The number of quaternary nitrogens is 1. The molecule has 0 bridgehead atoms. The van der Waals surface area contributed by atoms with Crippen LogP contribution in [0.4, 0.5) is 0 Å². The summed E-state index contributed by atoms with van der Waals surface area (Å²) in [7, 11) is 5.91. The van der Waals surface area contributed by atoms with Crippen LogP contribution >= 0.6 is 0 Å². The Balaban J connectivity index is 3.56. The van der Waals surface area contributed by atoms with Gasteiger partial charge in [-0.05, 0) is 64.2 Å². The van der Waals surface area contributed by atoms with Gasteiger partial charge in [0, 0.05) is 6.42 Å². The number of carbonyl (C=O) groups is 2. The first kappa shape index (κ1) is 51.0. The number of allylic oxidation sites excluding steroid dienone is 14. The van der Waals surface area contributed by atoms with Crippen LogP contribution in [-0.2, 0) is 23.8 Å². The highest BCUT2D eigenvalue weighted by Crippen LogP contribution is 2.13. The highest BCUT2D eigenvalue weighted by Gasteiger charge is 2.22. The number of rotatable bonds is 37. The summed E-state index contributed by atoms with van der Waals surface area (Å²) in [4.78, 5) is 23.3. The third kappa shape index (κ3) is 40.2. The SMILES string of the molecule is CC/C=C\C/C=C\C/C=C\C/C=C\C/C=C\C/C=C\C/C=C\CCCCCCCCCCCCCC(=O)OCC(O)COC(OCC[N+](C)(C)C)C(=O)O. The van der Waals surface area contributed by atoms with Crippen LogP contribution in [0.25, 0.3) is 0 Å². The average molecular weight is 757 g/mol. The summed E-state index contributed by atoms with van der Waals surface area (Å²) >= 11 is 0. The number of aliphatic carboxylic acids is 1. The van der Waals surface area contributed by atoms with Gasteiger partial charge in [0.25, 0.3) is 6.29 Å². The molecular formula is C46H78NO7+. The van der Waals surface area contributed by atoms with Crippen LogP contribution in [-0.4, -0.2) is 86.5 Å². The van der Waals surface area contributed by atoms with E-state index in [2.05, 4.69) is 92.0 Å². The van der Waals surface area contributed by atoms with Crippen LogP contribution in [0, 0.1) is 0 Å². The second-order valence-electron chi connectivity index (χ2n) is 14.8. The maximum atomic E-state index is 12.0. The molecule has 0 heterocycles. The molecule has 0 aliphatic carbocycles. The summed E-state index contributed by atoms with van der Waals surface area (Å²) in [5, 5.41) is 19.2. The zero-order valence-corrected chi connectivity index (χ0v) is 34.6. The van der Waals surface area contributed by atoms with E-state index in [1.165, 1.54) is 57.8 Å². The maximum absolute atomic E-state index is 12.0. The lowest BCUT2D eigenvalue weighted by molar-refractivity contribution is -0.870. The van der Waals surface area contributed by atoms with Crippen LogP contribution in [0.15, 0.2) is 85.1 Å². The van der Waals surface area contributed by atoms with Gasteiger partial charge >= 0.3 is 11.9 Å². The van der Waals surface area contributed by atoms with Crippen molar-refractivity contribution in [1.82, 2.24) is 0 Å². The van der Waals surface area contributed by atoms with Crippen LogP contribution in [0.1, 0.15) is 135 Å². The van der Waals surface area contributed by atoms with Crippen LogP contribution in [0.3, 0.4) is 0 Å². The lowest BCUT2D eigenvalue weighted by Crippen LogP contribution is -2.40. The van der Waals surface area contributed by atoms with Gasteiger partial charge in [-0.15, -0.1) is 0 Å². The van der Waals surface area contributed by atoms with E-state index in [4.69, 9.17) is 14.2 Å². The van der Waals surface area contributed by atoms with Crippen molar-refractivity contribution in [1.29, 1.82) is 0 Å². The third-order valence-electron chi connectivity index (χ3n) is 8.40. The Hall–Kier alpha value is -3.04. The van der Waals surface area contributed by atoms with Crippen molar-refractivity contribution in [3.05, 3.63) is 85.1 Å². The van der Waals surface area contributed by atoms with Gasteiger partial charge in [-0.25, -0.2) is 4.79 Å². The van der Waals surface area contributed by atoms with Gasteiger partial charge in [-0.2, -0.15) is 0 Å². The van der Waals surface area contributed by atoms with Crippen molar-refractivity contribution < 1.29 is 38.5 Å². The molecule has 0 saturated heterocycles.